The summed E-state index contributed by atoms with van der Waals surface area (Å²) < 4.78 is 90.9. The summed E-state index contributed by atoms with van der Waals surface area (Å²) in [5.74, 6) is 0. The van der Waals surface area contributed by atoms with Gasteiger partial charge in [-0.1, -0.05) is 0 Å². The Bertz CT molecular complexity index is 1210. The first kappa shape index (κ1) is 96.8. The first-order chi connectivity index (χ1) is 41.8. The molecule has 0 aliphatic heterocycles. The van der Waals surface area contributed by atoms with E-state index >= 15 is 0 Å². The van der Waals surface area contributed by atoms with Gasteiger partial charge < -0.3 is 162 Å². The van der Waals surface area contributed by atoms with Gasteiger partial charge in [-0.2, -0.15) is 0 Å². The zero-order chi connectivity index (χ0) is 65.7. The Hall–Kier alpha value is -4.32. The Kier molecular flexibility index (Phi) is 75.9. The van der Waals surface area contributed by atoms with Gasteiger partial charge in [0.1, 0.15) is 36.6 Å². The molecule has 0 heterocycles. The number of hydrogen-bond donors (Lipinski definition) is 15. The molecule has 1 rings (SSSR count). The Morgan fingerprint density at radius 1 is 0.222 bits per heavy atom. The Morgan fingerprint density at radius 3 is 0.500 bits per heavy atom. The molecule has 0 aromatic carbocycles. The molecule has 0 bridgehead atoms. The predicted octanol–water partition coefficient (Wildman–Crippen LogP) is -6.41. The Morgan fingerprint density at radius 2 is 0.356 bits per heavy atom. The maximum Gasteiger partial charge on any atom is 0.101 e. The van der Waals surface area contributed by atoms with Crippen LogP contribution < -0.4 is 0 Å². The summed E-state index contributed by atoms with van der Waals surface area (Å²) in [7, 11) is 18.8. The van der Waals surface area contributed by atoms with E-state index in [4.69, 9.17) is 87.5 Å². The number of aliphatic hydroxyl groups is 15. The van der Waals surface area contributed by atoms with Crippen molar-refractivity contribution in [1.29, 1.82) is 0 Å². The van der Waals surface area contributed by atoms with Crippen LogP contribution in [0.3, 0.4) is 0 Å². The van der Waals surface area contributed by atoms with Crippen molar-refractivity contribution < 1.29 is 162 Å². The van der Waals surface area contributed by atoms with Crippen LogP contribution >= 0.6 is 0 Å². The summed E-state index contributed by atoms with van der Waals surface area (Å²) in [6.07, 6.45) is -10.8. The molecule has 36 heteroatoms. The number of ether oxygens (including phenoxy) is 18. The second-order valence-electron chi connectivity index (χ2n) is 19.3. The third kappa shape index (κ3) is 68.1. The largest absolute Gasteiger partial charge is 0.553 e. The van der Waals surface area contributed by atoms with E-state index in [1.165, 1.54) is 0 Å². The molecule has 0 aromatic rings. The van der Waals surface area contributed by atoms with Crippen LogP contribution in [-0.2, 0) is 85.3 Å². The molecule has 90 heavy (non-hydrogen) atoms. The van der Waals surface area contributed by atoms with Crippen molar-refractivity contribution >= 4 is 0 Å². The average Bonchev–Trinajstić information content (AvgIpc) is 2.99. The molecule has 1 aliphatic rings. The molecule has 12 atom stereocenters. The third-order valence-electron chi connectivity index (χ3n) is 10.4. The molecule has 12 unspecified atom stereocenters. The zero-order valence-corrected chi connectivity index (χ0v) is 71.6. The second kappa shape index (κ2) is 70.5. The summed E-state index contributed by atoms with van der Waals surface area (Å²) >= 11 is 0. The van der Waals surface area contributed by atoms with Gasteiger partial charge in [0.25, 0.3) is 0 Å². The third-order valence-corrected chi connectivity index (χ3v) is 10.4. The van der Waals surface area contributed by atoms with Crippen molar-refractivity contribution in [3.05, 3.63) is 42.7 Å². The van der Waals surface area contributed by atoms with Gasteiger partial charge in [0.2, 0.25) is 0 Å². The van der Waals surface area contributed by atoms with E-state index in [0.29, 0.717) is 19.3 Å². The quantitative estimate of drug-likeness (QED) is 0.0199. The molecule has 15 N–H and O–H groups in total. The minimum absolute atomic E-state index is 0. The van der Waals surface area contributed by atoms with Gasteiger partial charge in [-0.15, -0.1) is 0 Å². The van der Waals surface area contributed by atoms with Crippen molar-refractivity contribution in [2.75, 3.05) is 198 Å². The van der Waals surface area contributed by atoms with Gasteiger partial charge in [-0.05, 0) is 19.3 Å². The molecule has 0 saturated heterocycles. The van der Waals surface area contributed by atoms with E-state index in [0.717, 1.165) is 0 Å². The predicted molar refractivity (Wildman–Crippen MR) is 302 cm³/mol. The first-order valence-corrected chi connectivity index (χ1v) is 28.0. The van der Waals surface area contributed by atoms with Crippen molar-refractivity contribution in [1.82, 2.24) is 0 Å². The van der Waals surface area contributed by atoms with Gasteiger partial charge >= 0.3 is 0 Å². The summed E-state index contributed by atoms with van der Waals surface area (Å²) in [6.45, 7) is 0.0703. The fourth-order valence-electron chi connectivity index (χ4n) is 6.60. The smallest absolute Gasteiger partial charge is 0.101 e. The SMILES string of the molecule is [CH2-]OCC(O)COCC(O)COCC(O)COC1CC(OCC(O)COCC(O)COCC(O)CO[CH2-])CC(OCC(O)COCC(O)COCC(O)CO[CH2-])C1.[CH2-]OCC(O)COCCO.[CH2-]OCC(O)COCCO.[CH2-]OCC(O)COCCO.[Rf].[Rf].[Rf]. The molecule has 33 nitrogen and oxygen atoms in total. The fraction of sp³-hybridized carbons (Fsp3) is 0.889. The van der Waals surface area contributed by atoms with Crippen molar-refractivity contribution in [3.63, 3.8) is 0 Å². The molecule has 1 fully saturated rings. The molecular weight excluding hydrogens is 1980 g/mol. The Balaban J connectivity index is -0.000000434. The van der Waals surface area contributed by atoms with E-state index in [1.54, 1.807) is 0 Å². The van der Waals surface area contributed by atoms with Crippen molar-refractivity contribution in [3.8, 4) is 0 Å². The zero-order valence-electron chi connectivity index (χ0n) is 52.4. The van der Waals surface area contributed by atoms with Crippen LogP contribution in [0.4, 0.5) is 0 Å². The molecule has 0 amide bonds. The molecule has 1 aliphatic carbocycles. The summed E-state index contributed by atoms with van der Waals surface area (Å²) in [6, 6.07) is 0. The topological polar surface area (TPSA) is 470 Å². The minimum Gasteiger partial charge on any atom is -0.553 e. The van der Waals surface area contributed by atoms with E-state index < -0.39 is 91.6 Å². The number of aliphatic hydroxyl groups excluding tert-OH is 15. The molecular formula is C54H108O33Rf3-6. The maximum atomic E-state index is 10.5. The van der Waals surface area contributed by atoms with Gasteiger partial charge in [-0.3, -0.25) is 0 Å². The van der Waals surface area contributed by atoms with E-state index in [1.807, 2.05) is 0 Å². The standard InChI is InChI=1S/C36H69O21.3C6H13O4.3Rf/c1-46-7-25(37)10-49-13-28(40)16-52-19-31(43)22-55-34-4-35(56-23-32(44)20-53-17-29(41)14-50-11-26(38)8-47-2)6-36(5-34)57-24-33(45)21-54-18-30(42)15-51-12-27(39)9-48-3;3*1-9-4-6(8)5-10-3-2-7;;;/h25-45H,1-24H2;3*6-8H,1-5H2;;;/q-3;3*-1;;;. The van der Waals surface area contributed by atoms with Crippen LogP contribution in [-0.4, -0.2) is 366 Å². The molecule has 1 saturated carbocycles. The minimum atomic E-state index is -1.03. The molecule has 0 spiro atoms. The maximum absolute atomic E-state index is 10.5. The monoisotopic (exact) mass is 2090 g/mol. The fourth-order valence-corrected chi connectivity index (χ4v) is 6.60. The normalized spacial score (nSPS) is 18.7. The molecule has 0 aromatic heterocycles. The van der Waals surface area contributed by atoms with Crippen molar-refractivity contribution in [2.24, 2.45) is 0 Å². The van der Waals surface area contributed by atoms with Gasteiger partial charge in [0.15, 0.2) is 0 Å². The number of hydrogen-bond acceptors (Lipinski definition) is 33. The molecule has 0 radical (unpaired) electrons. The summed E-state index contributed by atoms with van der Waals surface area (Å²) in [5, 5.41) is 142. The van der Waals surface area contributed by atoms with Crippen LogP contribution in [0.5, 0.6) is 0 Å². The number of rotatable bonds is 57. The van der Waals surface area contributed by atoms with Crippen LogP contribution in [0, 0.1) is 42.7 Å². The van der Waals surface area contributed by atoms with Crippen LogP contribution in [0.2, 0.25) is 0 Å². The summed E-state index contributed by atoms with van der Waals surface area (Å²) in [5.41, 5.74) is 0. The van der Waals surface area contributed by atoms with Gasteiger partial charge in [0, 0.05) is 39.6 Å². The van der Waals surface area contributed by atoms with Gasteiger partial charge in [-0.25, -0.2) is 42.7 Å². The van der Waals surface area contributed by atoms with Gasteiger partial charge in [0.05, 0.1) is 214 Å². The first-order valence-electron chi connectivity index (χ1n) is 28.0. The summed E-state index contributed by atoms with van der Waals surface area (Å²) in [4.78, 5) is 0. The average molecular weight is 2090 g/mol. The van der Waals surface area contributed by atoms with Crippen LogP contribution in [0.15, 0.2) is 0 Å². The van der Waals surface area contributed by atoms with E-state index in [9.17, 15) is 46.0 Å². The van der Waals surface area contributed by atoms with Crippen molar-refractivity contribution in [2.45, 2.75) is 111 Å². The van der Waals surface area contributed by atoms with E-state index in [2.05, 4.69) is 71.1 Å². The molecule has 534 valence electrons. The van der Waals surface area contributed by atoms with Crippen LogP contribution in [0.1, 0.15) is 19.3 Å². The van der Waals surface area contributed by atoms with E-state index in [-0.39, 0.29) is 198 Å². The second-order valence-corrected chi connectivity index (χ2v) is 19.3. The Labute approximate surface area is 512 Å². The van der Waals surface area contributed by atoms with Crippen LogP contribution in [0.25, 0.3) is 0 Å².